The van der Waals surface area contributed by atoms with E-state index < -0.39 is 11.7 Å². The molecule has 0 aliphatic carbocycles. The average molecular weight is 258 g/mol. The lowest BCUT2D eigenvalue weighted by atomic mass is 9.93. The van der Waals surface area contributed by atoms with Gasteiger partial charge in [-0.2, -0.15) is 13.2 Å². The molecule has 1 amide bonds. The van der Waals surface area contributed by atoms with Gasteiger partial charge in [0.05, 0.1) is 5.56 Å². The van der Waals surface area contributed by atoms with Gasteiger partial charge >= 0.3 is 6.18 Å². The minimum atomic E-state index is -4.38. The Hall–Kier alpha value is -1.56. The van der Waals surface area contributed by atoms with Gasteiger partial charge in [0.15, 0.2) is 0 Å². The van der Waals surface area contributed by atoms with Crippen molar-refractivity contribution in [1.29, 1.82) is 0 Å². The molecular weight excluding hydrogens is 245 g/mol. The van der Waals surface area contributed by atoms with Crippen molar-refractivity contribution >= 4 is 5.91 Å². The molecule has 1 aromatic carbocycles. The number of carbonyl (C=O) groups excluding carboxylic acids is 1. The maximum Gasteiger partial charge on any atom is 0.416 e. The molecule has 0 bridgehead atoms. The van der Waals surface area contributed by atoms with Gasteiger partial charge in [-0.05, 0) is 31.2 Å². The van der Waals surface area contributed by atoms with Crippen LogP contribution in [0.2, 0.25) is 0 Å². The summed E-state index contributed by atoms with van der Waals surface area (Å²) in [5.74, 6) is -0.286. The number of amides is 1. The first kappa shape index (κ1) is 12.9. The van der Waals surface area contributed by atoms with Crippen LogP contribution in [0.25, 0.3) is 0 Å². The molecule has 1 aliphatic heterocycles. The largest absolute Gasteiger partial charge is 0.416 e. The summed E-state index contributed by atoms with van der Waals surface area (Å²) in [6, 6.07) is 4.21. The van der Waals surface area contributed by atoms with Crippen molar-refractivity contribution in [2.45, 2.75) is 18.6 Å². The SMILES string of the molecule is CC1(N)CN(C(=O)c2ccc(C(F)(F)F)cc2)C1. The molecule has 1 aliphatic rings. The Morgan fingerprint density at radius 3 is 2.17 bits per heavy atom. The predicted octanol–water partition coefficient (Wildman–Crippen LogP) is 1.88. The Morgan fingerprint density at radius 1 is 1.28 bits per heavy atom. The number of hydrogen-bond donors (Lipinski definition) is 1. The van der Waals surface area contributed by atoms with E-state index >= 15 is 0 Å². The summed E-state index contributed by atoms with van der Waals surface area (Å²) in [6.45, 7) is 2.67. The summed E-state index contributed by atoms with van der Waals surface area (Å²) < 4.78 is 37.0. The van der Waals surface area contributed by atoms with Gasteiger partial charge in [0.25, 0.3) is 5.91 Å². The molecule has 1 fully saturated rings. The van der Waals surface area contributed by atoms with Gasteiger partial charge in [0, 0.05) is 24.2 Å². The molecule has 1 heterocycles. The summed E-state index contributed by atoms with van der Waals surface area (Å²) in [6.07, 6.45) is -4.38. The molecule has 1 aromatic rings. The van der Waals surface area contributed by atoms with Crippen molar-refractivity contribution in [1.82, 2.24) is 4.90 Å². The summed E-state index contributed by atoms with van der Waals surface area (Å²) in [7, 11) is 0. The number of nitrogens with zero attached hydrogens (tertiary/aromatic N) is 1. The second-order valence-corrected chi connectivity index (χ2v) is 4.89. The number of hydrogen-bond acceptors (Lipinski definition) is 2. The van der Waals surface area contributed by atoms with Crippen LogP contribution < -0.4 is 5.73 Å². The van der Waals surface area contributed by atoms with Crippen LogP contribution in [0.3, 0.4) is 0 Å². The van der Waals surface area contributed by atoms with Crippen molar-refractivity contribution in [2.24, 2.45) is 5.73 Å². The third-order valence-corrected chi connectivity index (χ3v) is 2.85. The minimum Gasteiger partial charge on any atom is -0.335 e. The maximum absolute atomic E-state index is 12.3. The zero-order valence-electron chi connectivity index (χ0n) is 9.79. The normalized spacial score (nSPS) is 18.4. The molecule has 0 radical (unpaired) electrons. The first-order valence-electron chi connectivity index (χ1n) is 5.44. The van der Waals surface area contributed by atoms with Crippen molar-refractivity contribution in [3.8, 4) is 0 Å². The fourth-order valence-electron chi connectivity index (χ4n) is 1.95. The van der Waals surface area contributed by atoms with Crippen molar-refractivity contribution < 1.29 is 18.0 Å². The van der Waals surface area contributed by atoms with Crippen LogP contribution in [-0.2, 0) is 6.18 Å². The molecule has 98 valence electrons. The molecule has 2 N–H and O–H groups in total. The minimum absolute atomic E-state index is 0.249. The number of benzene rings is 1. The standard InChI is InChI=1S/C12H13F3N2O/c1-11(16)6-17(7-11)10(18)8-2-4-9(5-3-8)12(13,14)15/h2-5H,6-7,16H2,1H3. The fourth-order valence-corrected chi connectivity index (χ4v) is 1.95. The molecule has 0 atom stereocenters. The van der Waals surface area contributed by atoms with E-state index in [0.717, 1.165) is 12.1 Å². The van der Waals surface area contributed by atoms with Crippen LogP contribution in [0.1, 0.15) is 22.8 Å². The van der Waals surface area contributed by atoms with Gasteiger partial charge in [0.1, 0.15) is 0 Å². The van der Waals surface area contributed by atoms with E-state index in [9.17, 15) is 18.0 Å². The van der Waals surface area contributed by atoms with E-state index in [2.05, 4.69) is 0 Å². The van der Waals surface area contributed by atoms with Crippen LogP contribution in [0, 0.1) is 0 Å². The molecule has 18 heavy (non-hydrogen) atoms. The quantitative estimate of drug-likeness (QED) is 0.836. The highest BCUT2D eigenvalue weighted by molar-refractivity contribution is 5.95. The first-order chi connectivity index (χ1) is 8.19. The van der Waals surface area contributed by atoms with Gasteiger partial charge in [-0.25, -0.2) is 0 Å². The topological polar surface area (TPSA) is 46.3 Å². The lowest BCUT2D eigenvalue weighted by Crippen LogP contribution is -2.66. The Morgan fingerprint density at radius 2 is 1.78 bits per heavy atom. The average Bonchev–Trinajstić information content (AvgIpc) is 2.24. The number of carbonyl (C=O) groups is 1. The number of halogens is 3. The van der Waals surface area contributed by atoms with E-state index in [0.29, 0.717) is 13.1 Å². The number of nitrogens with two attached hydrogens (primary N) is 1. The van der Waals surface area contributed by atoms with Crippen LogP contribution in [0.4, 0.5) is 13.2 Å². The second-order valence-electron chi connectivity index (χ2n) is 4.89. The van der Waals surface area contributed by atoms with E-state index in [4.69, 9.17) is 5.73 Å². The Kier molecular flexibility index (Phi) is 2.85. The highest BCUT2D eigenvalue weighted by Gasteiger charge is 2.38. The molecule has 0 unspecified atom stereocenters. The molecule has 1 saturated heterocycles. The molecule has 0 aromatic heterocycles. The predicted molar refractivity (Wildman–Crippen MR) is 59.9 cm³/mol. The van der Waals surface area contributed by atoms with E-state index in [1.54, 1.807) is 0 Å². The molecule has 0 saturated carbocycles. The van der Waals surface area contributed by atoms with Crippen molar-refractivity contribution in [3.63, 3.8) is 0 Å². The molecule has 6 heteroatoms. The monoisotopic (exact) mass is 258 g/mol. The summed E-state index contributed by atoms with van der Waals surface area (Å²) >= 11 is 0. The lowest BCUT2D eigenvalue weighted by molar-refractivity contribution is -0.137. The van der Waals surface area contributed by atoms with Gasteiger partial charge in [-0.15, -0.1) is 0 Å². The highest BCUT2D eigenvalue weighted by atomic mass is 19.4. The van der Waals surface area contributed by atoms with Gasteiger partial charge in [-0.1, -0.05) is 0 Å². The highest BCUT2D eigenvalue weighted by Crippen LogP contribution is 2.29. The van der Waals surface area contributed by atoms with Crippen molar-refractivity contribution in [3.05, 3.63) is 35.4 Å². The third kappa shape index (κ3) is 2.48. The van der Waals surface area contributed by atoms with Crippen LogP contribution in [-0.4, -0.2) is 29.4 Å². The van der Waals surface area contributed by atoms with E-state index in [1.807, 2.05) is 6.92 Å². The summed E-state index contributed by atoms with van der Waals surface area (Å²) in [4.78, 5) is 13.4. The van der Waals surface area contributed by atoms with Gasteiger partial charge < -0.3 is 10.6 Å². The van der Waals surface area contributed by atoms with Crippen molar-refractivity contribution in [2.75, 3.05) is 13.1 Å². The Labute approximate surface area is 102 Å². The summed E-state index contributed by atoms with van der Waals surface area (Å²) in [5, 5.41) is 0. The van der Waals surface area contributed by atoms with Crippen LogP contribution in [0.15, 0.2) is 24.3 Å². The third-order valence-electron chi connectivity index (χ3n) is 2.85. The van der Waals surface area contributed by atoms with Gasteiger partial charge in [-0.3, -0.25) is 4.79 Å². The molecular formula is C12H13F3N2O. The summed E-state index contributed by atoms with van der Waals surface area (Å²) in [5.41, 5.74) is 4.87. The smallest absolute Gasteiger partial charge is 0.335 e. The number of alkyl halides is 3. The maximum atomic E-state index is 12.3. The van der Waals surface area contributed by atoms with Gasteiger partial charge in [0.2, 0.25) is 0 Å². The zero-order chi connectivity index (χ0) is 13.6. The lowest BCUT2D eigenvalue weighted by Gasteiger charge is -2.45. The van der Waals surface area contributed by atoms with E-state index in [-0.39, 0.29) is 17.0 Å². The van der Waals surface area contributed by atoms with Crippen LogP contribution in [0.5, 0.6) is 0 Å². The Balaban J connectivity index is 2.09. The Bertz CT molecular complexity index is 457. The molecule has 3 nitrogen and oxygen atoms in total. The number of likely N-dealkylation sites (tertiary alicyclic amines) is 1. The molecule has 0 spiro atoms. The fraction of sp³-hybridized carbons (Fsp3) is 0.417. The first-order valence-corrected chi connectivity index (χ1v) is 5.44. The molecule has 2 rings (SSSR count). The van der Waals surface area contributed by atoms with Crippen LogP contribution >= 0.6 is 0 Å². The zero-order valence-corrected chi connectivity index (χ0v) is 9.79. The van der Waals surface area contributed by atoms with E-state index in [1.165, 1.54) is 17.0 Å². The number of rotatable bonds is 1. The second kappa shape index (κ2) is 3.98.